The number of carbonyl (C=O) groups excluding carboxylic acids is 1. The fourth-order valence-electron chi connectivity index (χ4n) is 2.79. The van der Waals surface area contributed by atoms with Gasteiger partial charge < -0.3 is 10.4 Å². The van der Waals surface area contributed by atoms with Crippen LogP contribution in [0.25, 0.3) is 10.8 Å². The van der Waals surface area contributed by atoms with Gasteiger partial charge >= 0.3 is 5.97 Å². The Balaban J connectivity index is 1.70. The summed E-state index contributed by atoms with van der Waals surface area (Å²) in [7, 11) is 0. The molecule has 25 heavy (non-hydrogen) atoms. The first-order valence-corrected chi connectivity index (χ1v) is 8.20. The molecule has 4 nitrogen and oxygen atoms in total. The average molecular weight is 333 g/mol. The molecule has 0 radical (unpaired) electrons. The van der Waals surface area contributed by atoms with Crippen molar-refractivity contribution in [2.75, 3.05) is 0 Å². The van der Waals surface area contributed by atoms with Crippen LogP contribution >= 0.6 is 0 Å². The minimum atomic E-state index is -1.02. The zero-order valence-corrected chi connectivity index (χ0v) is 13.7. The highest BCUT2D eigenvalue weighted by Gasteiger charge is 2.20. The normalized spacial score (nSPS) is 11.8. The summed E-state index contributed by atoms with van der Waals surface area (Å²) in [6.45, 7) is 0. The van der Waals surface area contributed by atoms with E-state index in [1.807, 2.05) is 60.7 Å². The molecular formula is C21H19NO3. The highest BCUT2D eigenvalue weighted by Crippen LogP contribution is 2.16. The van der Waals surface area contributed by atoms with Crippen LogP contribution in [0.15, 0.2) is 72.8 Å². The van der Waals surface area contributed by atoms with E-state index in [2.05, 4.69) is 5.32 Å². The van der Waals surface area contributed by atoms with E-state index in [-0.39, 0.29) is 5.91 Å². The molecule has 0 aliphatic rings. The van der Waals surface area contributed by atoms with Crippen LogP contribution in [0.4, 0.5) is 0 Å². The van der Waals surface area contributed by atoms with E-state index in [0.29, 0.717) is 18.4 Å². The van der Waals surface area contributed by atoms with Crippen molar-refractivity contribution in [2.45, 2.75) is 18.9 Å². The van der Waals surface area contributed by atoms with Gasteiger partial charge in [0.05, 0.1) is 0 Å². The standard InChI is InChI=1S/C21H19NO3/c23-20(18-12-11-16-8-4-5-9-17(16)14-18)22-19(21(24)25)13-10-15-6-2-1-3-7-15/h1-9,11-12,14,19H,10,13H2,(H,22,23)(H,24,25)/t19-/m1/s1. The van der Waals surface area contributed by atoms with Crippen LogP contribution in [0.1, 0.15) is 22.3 Å². The molecule has 3 rings (SSSR count). The summed E-state index contributed by atoms with van der Waals surface area (Å²) in [6.07, 6.45) is 0.939. The van der Waals surface area contributed by atoms with Crippen molar-refractivity contribution in [3.63, 3.8) is 0 Å². The Labute approximate surface area is 146 Å². The lowest BCUT2D eigenvalue weighted by Crippen LogP contribution is -2.41. The number of benzene rings is 3. The molecule has 3 aromatic carbocycles. The van der Waals surface area contributed by atoms with Crippen molar-refractivity contribution in [1.29, 1.82) is 0 Å². The van der Waals surface area contributed by atoms with Crippen LogP contribution in [-0.2, 0) is 11.2 Å². The number of aryl methyl sites for hydroxylation is 1. The third-order valence-corrected chi connectivity index (χ3v) is 4.18. The van der Waals surface area contributed by atoms with Crippen molar-refractivity contribution >= 4 is 22.6 Å². The summed E-state index contributed by atoms with van der Waals surface area (Å²) < 4.78 is 0. The van der Waals surface area contributed by atoms with Crippen molar-refractivity contribution in [1.82, 2.24) is 5.32 Å². The van der Waals surface area contributed by atoms with Crippen molar-refractivity contribution in [3.05, 3.63) is 83.9 Å². The van der Waals surface area contributed by atoms with Gasteiger partial charge in [0.2, 0.25) is 0 Å². The summed E-state index contributed by atoms with van der Waals surface area (Å²) >= 11 is 0. The Morgan fingerprint density at radius 3 is 2.28 bits per heavy atom. The van der Waals surface area contributed by atoms with Gasteiger partial charge in [0.1, 0.15) is 6.04 Å². The zero-order valence-electron chi connectivity index (χ0n) is 13.7. The molecular weight excluding hydrogens is 314 g/mol. The Morgan fingerprint density at radius 2 is 1.56 bits per heavy atom. The number of nitrogens with one attached hydrogen (secondary N) is 1. The minimum absolute atomic E-state index is 0.346. The molecule has 0 fully saturated rings. The Hall–Kier alpha value is -3.14. The molecule has 0 unspecified atom stereocenters. The average Bonchev–Trinajstić information content (AvgIpc) is 2.65. The first kappa shape index (κ1) is 16.7. The molecule has 3 aromatic rings. The number of amides is 1. The van der Waals surface area contributed by atoms with Gasteiger partial charge in [-0.05, 0) is 41.3 Å². The number of carboxylic acid groups (broad SMARTS) is 1. The van der Waals surface area contributed by atoms with E-state index >= 15 is 0 Å². The molecule has 0 spiro atoms. The van der Waals surface area contributed by atoms with Gasteiger partial charge in [0.15, 0.2) is 0 Å². The maximum atomic E-state index is 12.4. The van der Waals surface area contributed by atoms with Crippen LogP contribution in [0, 0.1) is 0 Å². The second-order valence-corrected chi connectivity index (χ2v) is 5.95. The lowest BCUT2D eigenvalue weighted by Gasteiger charge is -2.15. The zero-order chi connectivity index (χ0) is 17.6. The van der Waals surface area contributed by atoms with Crippen molar-refractivity contribution in [3.8, 4) is 0 Å². The molecule has 0 saturated heterocycles. The van der Waals surface area contributed by atoms with E-state index < -0.39 is 12.0 Å². The number of hydrogen-bond acceptors (Lipinski definition) is 2. The molecule has 1 atom stereocenters. The first-order valence-electron chi connectivity index (χ1n) is 8.20. The second kappa shape index (κ2) is 7.62. The summed E-state index contributed by atoms with van der Waals surface area (Å²) in [4.78, 5) is 23.9. The molecule has 0 bridgehead atoms. The highest BCUT2D eigenvalue weighted by molar-refractivity contribution is 6.00. The molecule has 0 saturated carbocycles. The molecule has 126 valence electrons. The molecule has 4 heteroatoms. The maximum Gasteiger partial charge on any atom is 0.326 e. The third kappa shape index (κ3) is 4.23. The van der Waals surface area contributed by atoms with E-state index in [4.69, 9.17) is 0 Å². The number of hydrogen-bond donors (Lipinski definition) is 2. The second-order valence-electron chi connectivity index (χ2n) is 5.95. The monoisotopic (exact) mass is 333 g/mol. The Bertz CT molecular complexity index is 890. The lowest BCUT2D eigenvalue weighted by molar-refractivity contribution is -0.139. The number of rotatable bonds is 6. The third-order valence-electron chi connectivity index (χ3n) is 4.18. The maximum absolute atomic E-state index is 12.4. The predicted molar refractivity (Wildman–Crippen MR) is 97.6 cm³/mol. The van der Waals surface area contributed by atoms with Gasteiger partial charge in [0.25, 0.3) is 5.91 Å². The topological polar surface area (TPSA) is 66.4 Å². The number of carbonyl (C=O) groups is 2. The van der Waals surface area contributed by atoms with Gasteiger partial charge in [-0.2, -0.15) is 0 Å². The first-order chi connectivity index (χ1) is 12.1. The fraction of sp³-hybridized carbons (Fsp3) is 0.143. The summed E-state index contributed by atoms with van der Waals surface area (Å²) in [6, 6.07) is 21.8. The van der Waals surface area contributed by atoms with Gasteiger partial charge in [-0.1, -0.05) is 60.7 Å². The van der Waals surface area contributed by atoms with Gasteiger partial charge in [0, 0.05) is 5.56 Å². The van der Waals surface area contributed by atoms with Gasteiger partial charge in [-0.25, -0.2) is 4.79 Å². The van der Waals surface area contributed by atoms with Crippen LogP contribution in [-0.4, -0.2) is 23.0 Å². The lowest BCUT2D eigenvalue weighted by atomic mass is 10.0. The molecule has 0 heterocycles. The van der Waals surface area contributed by atoms with Gasteiger partial charge in [-0.15, -0.1) is 0 Å². The highest BCUT2D eigenvalue weighted by atomic mass is 16.4. The van der Waals surface area contributed by atoms with Crippen LogP contribution in [0.3, 0.4) is 0 Å². The number of aliphatic carboxylic acids is 1. The molecule has 0 aromatic heterocycles. The van der Waals surface area contributed by atoms with Crippen molar-refractivity contribution < 1.29 is 14.7 Å². The van der Waals surface area contributed by atoms with E-state index in [1.54, 1.807) is 12.1 Å². The Kier molecular flexibility index (Phi) is 5.09. The summed E-state index contributed by atoms with van der Waals surface area (Å²) in [5, 5.41) is 14.0. The minimum Gasteiger partial charge on any atom is -0.480 e. The number of fused-ring (bicyclic) bond motifs is 1. The smallest absolute Gasteiger partial charge is 0.326 e. The molecule has 1 amide bonds. The molecule has 0 aliphatic carbocycles. The molecule has 0 aliphatic heterocycles. The molecule has 2 N–H and O–H groups in total. The van der Waals surface area contributed by atoms with E-state index in [1.165, 1.54) is 0 Å². The SMILES string of the molecule is O=C(N[C@H](CCc1ccccc1)C(=O)O)c1ccc2ccccc2c1. The van der Waals surface area contributed by atoms with Crippen LogP contribution < -0.4 is 5.32 Å². The van der Waals surface area contributed by atoms with Crippen LogP contribution in [0.5, 0.6) is 0 Å². The summed E-state index contributed by atoms with van der Waals surface area (Å²) in [5.74, 6) is -1.39. The van der Waals surface area contributed by atoms with Gasteiger partial charge in [-0.3, -0.25) is 4.79 Å². The fourth-order valence-corrected chi connectivity index (χ4v) is 2.79. The Morgan fingerprint density at radius 1 is 0.880 bits per heavy atom. The quantitative estimate of drug-likeness (QED) is 0.723. The van der Waals surface area contributed by atoms with Crippen molar-refractivity contribution in [2.24, 2.45) is 0 Å². The number of carboxylic acids is 1. The predicted octanol–water partition coefficient (Wildman–Crippen LogP) is 3.66. The largest absolute Gasteiger partial charge is 0.480 e. The van der Waals surface area contributed by atoms with E-state index in [0.717, 1.165) is 16.3 Å². The summed E-state index contributed by atoms with van der Waals surface area (Å²) in [5.41, 5.74) is 1.51. The van der Waals surface area contributed by atoms with Crippen LogP contribution in [0.2, 0.25) is 0 Å². The van der Waals surface area contributed by atoms with E-state index in [9.17, 15) is 14.7 Å².